The lowest BCUT2D eigenvalue weighted by Crippen LogP contribution is -2.39. The number of piperidine rings is 1. The number of benzene rings is 1. The van der Waals surface area contributed by atoms with Crippen LogP contribution in [0.15, 0.2) is 53.6 Å². The number of alkyl halides is 3. The fraction of sp³-hybridized carbons (Fsp3) is 0.292. The van der Waals surface area contributed by atoms with Crippen LogP contribution in [0.4, 0.5) is 24.8 Å². The smallest absolute Gasteiger partial charge is 0.418 e. The van der Waals surface area contributed by atoms with E-state index in [1.165, 1.54) is 12.1 Å². The molecule has 184 valence electrons. The minimum Gasteiger partial charge on any atom is -0.481 e. The first-order chi connectivity index (χ1) is 16.6. The maximum absolute atomic E-state index is 13.7. The molecule has 3 heterocycles. The first-order valence-corrected chi connectivity index (χ1v) is 12.0. The molecule has 1 unspecified atom stereocenters. The maximum Gasteiger partial charge on any atom is 0.418 e. The Hall–Kier alpha value is -2.98. The molecule has 1 aliphatic heterocycles. The molecule has 2 aromatic heterocycles. The fourth-order valence-corrected chi connectivity index (χ4v) is 4.71. The summed E-state index contributed by atoms with van der Waals surface area (Å²) in [5, 5.41) is 10.2. The Morgan fingerprint density at radius 2 is 2.00 bits per heavy atom. The largest absolute Gasteiger partial charge is 0.481 e. The highest BCUT2D eigenvalue weighted by Crippen LogP contribution is 2.39. The molecule has 0 aliphatic carbocycles. The SMILES string of the molecule is Cc1ccc(Cl)cc1-c1nc(NSc2cccc(N3CCCC(C(=O)O)C3)n2)ccc1C(F)(F)F. The number of halogens is 4. The van der Waals surface area contributed by atoms with Gasteiger partial charge in [0.2, 0.25) is 0 Å². The summed E-state index contributed by atoms with van der Waals surface area (Å²) >= 11 is 7.16. The molecular weight excluding hydrogens is 501 g/mol. The summed E-state index contributed by atoms with van der Waals surface area (Å²) < 4.78 is 44.1. The fourth-order valence-electron chi connectivity index (χ4n) is 3.93. The number of pyridine rings is 2. The number of nitrogens with one attached hydrogen (secondary N) is 1. The van der Waals surface area contributed by atoms with Gasteiger partial charge >= 0.3 is 12.1 Å². The van der Waals surface area contributed by atoms with E-state index in [1.54, 1.807) is 31.2 Å². The highest BCUT2D eigenvalue weighted by atomic mass is 35.5. The van der Waals surface area contributed by atoms with Crippen molar-refractivity contribution in [3.8, 4) is 11.3 Å². The molecule has 1 saturated heterocycles. The first kappa shape index (κ1) is 25.1. The van der Waals surface area contributed by atoms with Crippen LogP contribution in [0.1, 0.15) is 24.0 Å². The molecule has 1 aliphatic rings. The molecule has 3 aromatic rings. The van der Waals surface area contributed by atoms with Crippen LogP contribution in [0, 0.1) is 12.8 Å². The third-order valence-corrected chi connectivity index (χ3v) is 6.70. The summed E-state index contributed by atoms with van der Waals surface area (Å²) in [4.78, 5) is 22.1. The second-order valence-electron chi connectivity index (χ2n) is 8.21. The monoisotopic (exact) mass is 522 g/mol. The van der Waals surface area contributed by atoms with Crippen molar-refractivity contribution in [2.75, 3.05) is 22.7 Å². The molecule has 0 saturated carbocycles. The Labute approximate surface area is 209 Å². The zero-order valence-corrected chi connectivity index (χ0v) is 20.2. The predicted molar refractivity (Wildman–Crippen MR) is 131 cm³/mol. The number of carboxylic acids is 1. The zero-order valence-electron chi connectivity index (χ0n) is 18.6. The molecule has 35 heavy (non-hydrogen) atoms. The van der Waals surface area contributed by atoms with Crippen molar-refractivity contribution in [3.05, 3.63) is 64.7 Å². The van der Waals surface area contributed by atoms with Gasteiger partial charge in [-0.25, -0.2) is 9.97 Å². The molecule has 0 amide bonds. The molecule has 1 fully saturated rings. The van der Waals surface area contributed by atoms with E-state index < -0.39 is 23.6 Å². The van der Waals surface area contributed by atoms with Crippen molar-refractivity contribution in [2.45, 2.75) is 31.0 Å². The summed E-state index contributed by atoms with van der Waals surface area (Å²) in [7, 11) is 0. The standard InChI is InChI=1S/C24H22ClF3N4O2S/c1-14-7-8-16(25)12-17(14)22-18(24(26,27)28)9-10-19(29-22)31-35-21-6-2-5-20(30-21)32-11-3-4-15(13-32)23(33)34/h2,5-10,12,15H,3-4,11,13H2,1H3,(H,29,31)(H,33,34). The third kappa shape index (κ3) is 5.99. The van der Waals surface area contributed by atoms with Gasteiger partial charge in [0.1, 0.15) is 16.7 Å². The van der Waals surface area contributed by atoms with E-state index in [2.05, 4.69) is 14.7 Å². The topological polar surface area (TPSA) is 78.4 Å². The van der Waals surface area contributed by atoms with Crippen LogP contribution in [-0.2, 0) is 11.0 Å². The van der Waals surface area contributed by atoms with E-state index in [0.29, 0.717) is 46.5 Å². The summed E-state index contributed by atoms with van der Waals surface area (Å²) in [5.41, 5.74) is -0.140. The molecule has 2 N–H and O–H groups in total. The van der Waals surface area contributed by atoms with Crippen LogP contribution >= 0.6 is 23.5 Å². The quantitative estimate of drug-likeness (QED) is 0.356. The van der Waals surface area contributed by atoms with Gasteiger partial charge in [-0.2, -0.15) is 13.2 Å². The molecule has 1 aromatic carbocycles. The van der Waals surface area contributed by atoms with Crippen LogP contribution in [0.2, 0.25) is 5.02 Å². The average Bonchev–Trinajstić information content (AvgIpc) is 2.83. The third-order valence-electron chi connectivity index (χ3n) is 5.72. The van der Waals surface area contributed by atoms with Gasteiger partial charge in [0.25, 0.3) is 0 Å². The Balaban J connectivity index is 1.56. The van der Waals surface area contributed by atoms with Crippen LogP contribution in [0.25, 0.3) is 11.3 Å². The van der Waals surface area contributed by atoms with Gasteiger partial charge in [-0.3, -0.25) is 4.79 Å². The number of anilines is 2. The molecule has 0 radical (unpaired) electrons. The van der Waals surface area contributed by atoms with Crippen LogP contribution < -0.4 is 9.62 Å². The van der Waals surface area contributed by atoms with Crippen molar-refractivity contribution >= 4 is 41.2 Å². The van der Waals surface area contributed by atoms with Crippen molar-refractivity contribution < 1.29 is 23.1 Å². The normalized spacial score (nSPS) is 16.3. The van der Waals surface area contributed by atoms with E-state index in [-0.39, 0.29) is 11.5 Å². The summed E-state index contributed by atoms with van der Waals surface area (Å²) in [6.07, 6.45) is -3.19. The van der Waals surface area contributed by atoms with Gasteiger partial charge in [0.15, 0.2) is 0 Å². The number of carbonyl (C=O) groups is 1. The van der Waals surface area contributed by atoms with Gasteiger partial charge < -0.3 is 14.7 Å². The zero-order chi connectivity index (χ0) is 25.2. The van der Waals surface area contributed by atoms with Crippen LogP contribution in [-0.4, -0.2) is 34.1 Å². The number of hydrogen-bond donors (Lipinski definition) is 2. The minimum absolute atomic E-state index is 0.210. The summed E-state index contributed by atoms with van der Waals surface area (Å²) in [6.45, 7) is 2.79. The second-order valence-corrected chi connectivity index (χ2v) is 9.47. The number of aryl methyl sites for hydroxylation is 1. The lowest BCUT2D eigenvalue weighted by molar-refractivity contribution is -0.142. The van der Waals surface area contributed by atoms with E-state index in [9.17, 15) is 23.1 Å². The number of hydrogen-bond acceptors (Lipinski definition) is 6. The highest BCUT2D eigenvalue weighted by Gasteiger charge is 2.35. The molecule has 0 spiro atoms. The molecule has 6 nitrogen and oxygen atoms in total. The van der Waals surface area contributed by atoms with E-state index >= 15 is 0 Å². The molecule has 11 heteroatoms. The van der Waals surface area contributed by atoms with Gasteiger partial charge in [0.05, 0.1) is 17.2 Å². The summed E-state index contributed by atoms with van der Waals surface area (Å²) in [5.74, 6) is -0.377. The predicted octanol–water partition coefficient (Wildman–Crippen LogP) is 6.54. The lowest BCUT2D eigenvalue weighted by Gasteiger charge is -2.31. The van der Waals surface area contributed by atoms with E-state index in [1.807, 2.05) is 11.0 Å². The Morgan fingerprint density at radius 1 is 1.20 bits per heavy atom. The van der Waals surface area contributed by atoms with E-state index in [4.69, 9.17) is 11.6 Å². The van der Waals surface area contributed by atoms with Crippen molar-refractivity contribution in [2.24, 2.45) is 5.92 Å². The van der Waals surface area contributed by atoms with Crippen LogP contribution in [0.3, 0.4) is 0 Å². The summed E-state index contributed by atoms with van der Waals surface area (Å²) in [6, 6.07) is 12.4. The van der Waals surface area contributed by atoms with E-state index in [0.717, 1.165) is 24.4 Å². The van der Waals surface area contributed by atoms with Gasteiger partial charge in [-0.15, -0.1) is 0 Å². The van der Waals surface area contributed by atoms with Crippen molar-refractivity contribution in [3.63, 3.8) is 0 Å². The molecule has 4 rings (SSSR count). The van der Waals surface area contributed by atoms with Gasteiger partial charge in [-0.05, 0) is 61.7 Å². The highest BCUT2D eigenvalue weighted by molar-refractivity contribution is 8.00. The van der Waals surface area contributed by atoms with Gasteiger partial charge in [-0.1, -0.05) is 23.7 Å². The Morgan fingerprint density at radius 3 is 2.74 bits per heavy atom. The number of nitrogens with zero attached hydrogens (tertiary/aromatic N) is 3. The van der Waals surface area contributed by atoms with Crippen molar-refractivity contribution in [1.82, 2.24) is 9.97 Å². The maximum atomic E-state index is 13.7. The average molecular weight is 523 g/mol. The minimum atomic E-state index is -4.58. The number of rotatable bonds is 6. The number of aromatic nitrogens is 2. The van der Waals surface area contributed by atoms with Crippen molar-refractivity contribution in [1.29, 1.82) is 0 Å². The first-order valence-electron chi connectivity index (χ1n) is 10.8. The van der Waals surface area contributed by atoms with Crippen LogP contribution in [0.5, 0.6) is 0 Å². The lowest BCUT2D eigenvalue weighted by atomic mass is 9.98. The Bertz CT molecular complexity index is 1240. The molecular formula is C24H22ClF3N4O2S. The second kappa shape index (κ2) is 10.3. The molecule has 0 bridgehead atoms. The number of aliphatic carboxylic acids is 1. The Kier molecular flexibility index (Phi) is 7.42. The van der Waals surface area contributed by atoms with Gasteiger partial charge in [0, 0.05) is 35.6 Å². The number of carboxylic acid groups (broad SMARTS) is 1. The molecule has 1 atom stereocenters.